The summed E-state index contributed by atoms with van der Waals surface area (Å²) in [4.78, 5) is 19.8. The summed E-state index contributed by atoms with van der Waals surface area (Å²) in [5, 5.41) is 9.33. The standard InChI is InChI=1S/C14H20ClN3O2/c1-3-10(2)17-6-8-18(9-7-17)13-12(15)11(14(19)20)4-5-16-13/h4-5,10H,3,6-9H2,1-2H3,(H,19,20). The second-order valence-corrected chi connectivity index (χ2v) is 5.46. The molecule has 2 heterocycles. The highest BCUT2D eigenvalue weighted by Gasteiger charge is 2.24. The Kier molecular flexibility index (Phi) is 4.83. The zero-order valence-corrected chi connectivity index (χ0v) is 12.6. The Morgan fingerprint density at radius 2 is 2.10 bits per heavy atom. The second kappa shape index (κ2) is 6.41. The number of pyridine rings is 1. The zero-order chi connectivity index (χ0) is 14.7. The molecule has 1 aromatic heterocycles. The first-order valence-corrected chi connectivity index (χ1v) is 7.29. The van der Waals surface area contributed by atoms with Crippen LogP contribution in [0.3, 0.4) is 0 Å². The van der Waals surface area contributed by atoms with E-state index in [1.54, 1.807) is 0 Å². The number of nitrogens with zero attached hydrogens (tertiary/aromatic N) is 3. The molecule has 0 aliphatic carbocycles. The summed E-state index contributed by atoms with van der Waals surface area (Å²) in [5.41, 5.74) is 0.112. The first-order chi connectivity index (χ1) is 9.54. The van der Waals surface area contributed by atoms with E-state index in [-0.39, 0.29) is 10.6 Å². The van der Waals surface area contributed by atoms with Crippen LogP contribution in [0.4, 0.5) is 5.82 Å². The molecular weight excluding hydrogens is 278 g/mol. The lowest BCUT2D eigenvalue weighted by atomic mass is 10.2. The van der Waals surface area contributed by atoms with Crippen molar-refractivity contribution in [2.24, 2.45) is 0 Å². The van der Waals surface area contributed by atoms with Crippen LogP contribution in [0.15, 0.2) is 12.3 Å². The molecule has 0 saturated carbocycles. The topological polar surface area (TPSA) is 56.7 Å². The van der Waals surface area contributed by atoms with E-state index >= 15 is 0 Å². The van der Waals surface area contributed by atoms with E-state index in [9.17, 15) is 4.79 Å². The smallest absolute Gasteiger partial charge is 0.337 e. The lowest BCUT2D eigenvalue weighted by Gasteiger charge is -2.38. The predicted molar refractivity (Wildman–Crippen MR) is 79.7 cm³/mol. The van der Waals surface area contributed by atoms with Gasteiger partial charge in [0, 0.05) is 38.4 Å². The van der Waals surface area contributed by atoms with Gasteiger partial charge in [-0.25, -0.2) is 9.78 Å². The predicted octanol–water partition coefficient (Wildman–Crippen LogP) is 2.35. The van der Waals surface area contributed by atoms with E-state index in [0.717, 1.165) is 32.6 Å². The molecule has 0 aromatic carbocycles. The molecule has 20 heavy (non-hydrogen) atoms. The number of piperazine rings is 1. The molecule has 1 aliphatic heterocycles. The van der Waals surface area contributed by atoms with E-state index < -0.39 is 5.97 Å². The third-order valence-electron chi connectivity index (χ3n) is 3.93. The number of carboxylic acid groups (broad SMARTS) is 1. The van der Waals surface area contributed by atoms with Gasteiger partial charge in [-0.05, 0) is 19.4 Å². The molecule has 1 fully saturated rings. The second-order valence-electron chi connectivity index (χ2n) is 5.08. The molecule has 5 nitrogen and oxygen atoms in total. The lowest BCUT2D eigenvalue weighted by Crippen LogP contribution is -2.49. The van der Waals surface area contributed by atoms with Gasteiger partial charge in [0.2, 0.25) is 0 Å². The Balaban J connectivity index is 2.11. The average molecular weight is 298 g/mol. The normalized spacial score (nSPS) is 18.1. The number of halogens is 1. The number of aromatic nitrogens is 1. The van der Waals surface area contributed by atoms with Crippen molar-refractivity contribution in [2.75, 3.05) is 31.1 Å². The van der Waals surface area contributed by atoms with Crippen LogP contribution in [-0.2, 0) is 0 Å². The molecule has 1 atom stereocenters. The third kappa shape index (κ3) is 3.04. The van der Waals surface area contributed by atoms with Gasteiger partial charge in [0.05, 0.1) is 10.6 Å². The fourth-order valence-electron chi connectivity index (χ4n) is 2.45. The SMILES string of the molecule is CCC(C)N1CCN(c2nccc(C(=O)O)c2Cl)CC1. The summed E-state index contributed by atoms with van der Waals surface area (Å²) in [6.45, 7) is 7.95. The van der Waals surface area contributed by atoms with Crippen molar-refractivity contribution >= 4 is 23.4 Å². The summed E-state index contributed by atoms with van der Waals surface area (Å²) in [7, 11) is 0. The zero-order valence-electron chi connectivity index (χ0n) is 11.8. The number of hydrogen-bond acceptors (Lipinski definition) is 4. The summed E-state index contributed by atoms with van der Waals surface area (Å²) in [6.07, 6.45) is 2.64. The van der Waals surface area contributed by atoms with Crippen LogP contribution in [0.5, 0.6) is 0 Å². The molecule has 0 radical (unpaired) electrons. The molecule has 0 bridgehead atoms. The Labute approximate surface area is 124 Å². The first-order valence-electron chi connectivity index (χ1n) is 6.91. The minimum atomic E-state index is -1.02. The summed E-state index contributed by atoms with van der Waals surface area (Å²) in [5.74, 6) is -0.438. The number of carboxylic acids is 1. The molecule has 1 saturated heterocycles. The summed E-state index contributed by atoms with van der Waals surface area (Å²) in [6, 6.07) is 2.01. The van der Waals surface area contributed by atoms with Crippen molar-refractivity contribution in [3.63, 3.8) is 0 Å². The van der Waals surface area contributed by atoms with Gasteiger partial charge in [0.15, 0.2) is 0 Å². The largest absolute Gasteiger partial charge is 0.478 e. The van der Waals surface area contributed by atoms with Crippen molar-refractivity contribution in [1.29, 1.82) is 0 Å². The van der Waals surface area contributed by atoms with Crippen LogP contribution in [0.2, 0.25) is 5.02 Å². The summed E-state index contributed by atoms with van der Waals surface area (Å²) >= 11 is 6.16. The number of aromatic carboxylic acids is 1. The van der Waals surface area contributed by atoms with Crippen LogP contribution in [0, 0.1) is 0 Å². The monoisotopic (exact) mass is 297 g/mol. The average Bonchev–Trinajstić information content (AvgIpc) is 2.46. The van der Waals surface area contributed by atoms with E-state index in [1.807, 2.05) is 0 Å². The molecule has 1 aromatic rings. The number of carbonyl (C=O) groups is 1. The Bertz CT molecular complexity index is 487. The molecule has 1 aliphatic rings. The highest BCUT2D eigenvalue weighted by atomic mass is 35.5. The maximum absolute atomic E-state index is 11.1. The van der Waals surface area contributed by atoms with E-state index in [2.05, 4.69) is 28.6 Å². The van der Waals surface area contributed by atoms with Crippen LogP contribution in [0.25, 0.3) is 0 Å². The minimum absolute atomic E-state index is 0.112. The molecule has 6 heteroatoms. The van der Waals surface area contributed by atoms with Crippen LogP contribution < -0.4 is 4.90 Å². The molecule has 110 valence electrons. The highest BCUT2D eigenvalue weighted by molar-refractivity contribution is 6.35. The maximum Gasteiger partial charge on any atom is 0.337 e. The highest BCUT2D eigenvalue weighted by Crippen LogP contribution is 2.28. The van der Waals surface area contributed by atoms with E-state index in [4.69, 9.17) is 16.7 Å². The molecule has 1 N–H and O–H groups in total. The van der Waals surface area contributed by atoms with Crippen molar-refractivity contribution < 1.29 is 9.90 Å². The number of rotatable bonds is 4. The molecule has 2 rings (SSSR count). The first kappa shape index (κ1) is 15.1. The number of hydrogen-bond donors (Lipinski definition) is 1. The van der Waals surface area contributed by atoms with Crippen molar-refractivity contribution in [3.05, 3.63) is 22.8 Å². The fraction of sp³-hybridized carbons (Fsp3) is 0.571. The maximum atomic E-state index is 11.1. The van der Waals surface area contributed by atoms with Gasteiger partial charge in [0.1, 0.15) is 5.82 Å². The lowest BCUT2D eigenvalue weighted by molar-refractivity contribution is 0.0697. The van der Waals surface area contributed by atoms with Gasteiger partial charge in [-0.2, -0.15) is 0 Å². The van der Waals surface area contributed by atoms with Gasteiger partial charge in [-0.15, -0.1) is 0 Å². The molecular formula is C14H20ClN3O2. The van der Waals surface area contributed by atoms with Crippen molar-refractivity contribution in [3.8, 4) is 0 Å². The third-order valence-corrected chi connectivity index (χ3v) is 4.30. The quantitative estimate of drug-likeness (QED) is 0.924. The molecule has 1 unspecified atom stereocenters. The fourth-order valence-corrected chi connectivity index (χ4v) is 2.76. The van der Waals surface area contributed by atoms with E-state index in [1.165, 1.54) is 12.3 Å². The van der Waals surface area contributed by atoms with E-state index in [0.29, 0.717) is 11.9 Å². The minimum Gasteiger partial charge on any atom is -0.478 e. The summed E-state index contributed by atoms with van der Waals surface area (Å²) < 4.78 is 0. The van der Waals surface area contributed by atoms with Gasteiger partial charge < -0.3 is 10.0 Å². The Morgan fingerprint density at radius 1 is 1.45 bits per heavy atom. The van der Waals surface area contributed by atoms with Gasteiger partial charge in [0.25, 0.3) is 0 Å². The van der Waals surface area contributed by atoms with Crippen LogP contribution in [-0.4, -0.2) is 53.2 Å². The molecule has 0 spiro atoms. The number of anilines is 1. The van der Waals surface area contributed by atoms with Gasteiger partial charge in [-0.1, -0.05) is 18.5 Å². The molecule has 0 amide bonds. The van der Waals surface area contributed by atoms with Gasteiger partial charge in [-0.3, -0.25) is 4.90 Å². The van der Waals surface area contributed by atoms with Crippen molar-refractivity contribution in [2.45, 2.75) is 26.3 Å². The van der Waals surface area contributed by atoms with Crippen LogP contribution >= 0.6 is 11.6 Å². The Hall–Kier alpha value is -1.33. The Morgan fingerprint density at radius 3 is 2.65 bits per heavy atom. The van der Waals surface area contributed by atoms with Crippen LogP contribution in [0.1, 0.15) is 30.6 Å². The van der Waals surface area contributed by atoms with Gasteiger partial charge >= 0.3 is 5.97 Å². The van der Waals surface area contributed by atoms with Crippen molar-refractivity contribution in [1.82, 2.24) is 9.88 Å².